The first kappa shape index (κ1) is 15.5. The number of aliphatic hydroxyl groups excluding tert-OH is 1. The van der Waals surface area contributed by atoms with E-state index >= 15 is 0 Å². The van der Waals surface area contributed by atoms with Crippen molar-refractivity contribution in [1.29, 1.82) is 0 Å². The monoisotopic (exact) mass is 276 g/mol. The quantitative estimate of drug-likeness (QED) is 0.766. The third-order valence-electron chi connectivity index (χ3n) is 4.51. The lowest BCUT2D eigenvalue weighted by Crippen LogP contribution is -2.43. The first-order chi connectivity index (χ1) is 9.74. The smallest absolute Gasteiger partial charge is 0.0558 e. The predicted molar refractivity (Wildman–Crippen MR) is 83.9 cm³/mol. The Morgan fingerprint density at radius 1 is 1.25 bits per heavy atom. The van der Waals surface area contributed by atoms with Crippen molar-refractivity contribution in [2.75, 3.05) is 26.7 Å². The third-order valence-corrected chi connectivity index (χ3v) is 4.51. The zero-order valence-corrected chi connectivity index (χ0v) is 12.8. The van der Waals surface area contributed by atoms with Gasteiger partial charge in [0, 0.05) is 25.2 Å². The molecule has 1 saturated carbocycles. The Hall–Kier alpha value is -0.900. The summed E-state index contributed by atoms with van der Waals surface area (Å²) in [6.07, 6.45) is 5.04. The molecule has 112 valence electrons. The summed E-state index contributed by atoms with van der Waals surface area (Å²) in [5.74, 6) is 0. The molecule has 1 fully saturated rings. The molecule has 0 amide bonds. The minimum Gasteiger partial charge on any atom is -0.395 e. The Labute approximate surface area is 123 Å². The molecule has 1 atom stereocenters. The van der Waals surface area contributed by atoms with Crippen LogP contribution in [0.1, 0.15) is 42.9 Å². The Kier molecular flexibility index (Phi) is 6.02. The summed E-state index contributed by atoms with van der Waals surface area (Å²) in [5, 5.41) is 12.6. The van der Waals surface area contributed by atoms with E-state index in [1.807, 2.05) is 7.05 Å². The Bertz CT molecular complexity index is 386. The molecule has 1 aliphatic rings. The van der Waals surface area contributed by atoms with E-state index in [1.54, 1.807) is 0 Å². The van der Waals surface area contributed by atoms with E-state index in [2.05, 4.69) is 41.4 Å². The van der Waals surface area contributed by atoms with Crippen LogP contribution in [0.15, 0.2) is 24.3 Å². The number of nitrogens with zero attached hydrogens (tertiary/aromatic N) is 1. The zero-order chi connectivity index (χ0) is 14.4. The van der Waals surface area contributed by atoms with Crippen molar-refractivity contribution in [3.8, 4) is 0 Å². The van der Waals surface area contributed by atoms with E-state index in [-0.39, 0.29) is 6.61 Å². The van der Waals surface area contributed by atoms with E-state index in [1.165, 1.54) is 30.4 Å². The molecule has 2 N–H and O–H groups in total. The molecule has 0 radical (unpaired) electrons. The van der Waals surface area contributed by atoms with Crippen LogP contribution in [0.25, 0.3) is 0 Å². The molecule has 3 heteroatoms. The predicted octanol–water partition coefficient (Wildman–Crippen LogP) is 2.49. The second-order valence-corrected chi connectivity index (χ2v) is 5.88. The lowest BCUT2D eigenvalue weighted by Gasteiger charge is -2.38. The number of aryl methyl sites for hydroxylation is 1. The molecular formula is C17H28N2O. The summed E-state index contributed by atoms with van der Waals surface area (Å²) in [5.41, 5.74) is 2.66. The van der Waals surface area contributed by atoms with E-state index in [0.29, 0.717) is 12.1 Å². The molecule has 0 aliphatic heterocycles. The maximum Gasteiger partial charge on any atom is 0.0558 e. The topological polar surface area (TPSA) is 35.5 Å². The summed E-state index contributed by atoms with van der Waals surface area (Å²) in [4.78, 5) is 2.46. The summed E-state index contributed by atoms with van der Waals surface area (Å²) in [6, 6.07) is 9.90. The molecule has 1 unspecified atom stereocenters. The second-order valence-electron chi connectivity index (χ2n) is 5.88. The molecule has 2 rings (SSSR count). The SMILES string of the molecule is CNC(CCN(CCO)C1CCC1)c1ccc(C)cc1. The first-order valence-electron chi connectivity index (χ1n) is 7.83. The summed E-state index contributed by atoms with van der Waals surface area (Å²) in [7, 11) is 2.03. The second kappa shape index (κ2) is 7.77. The van der Waals surface area contributed by atoms with E-state index in [4.69, 9.17) is 0 Å². The van der Waals surface area contributed by atoms with Crippen molar-refractivity contribution in [3.63, 3.8) is 0 Å². The highest BCUT2D eigenvalue weighted by Crippen LogP contribution is 2.26. The third kappa shape index (κ3) is 4.05. The fourth-order valence-corrected chi connectivity index (χ4v) is 2.93. The number of nitrogens with one attached hydrogen (secondary N) is 1. The Balaban J connectivity index is 1.89. The highest BCUT2D eigenvalue weighted by Gasteiger charge is 2.24. The highest BCUT2D eigenvalue weighted by molar-refractivity contribution is 5.24. The maximum absolute atomic E-state index is 9.22. The Morgan fingerprint density at radius 3 is 2.45 bits per heavy atom. The molecule has 0 saturated heterocycles. The van der Waals surface area contributed by atoms with Gasteiger partial charge in [0.2, 0.25) is 0 Å². The average Bonchev–Trinajstić information content (AvgIpc) is 2.39. The van der Waals surface area contributed by atoms with Gasteiger partial charge < -0.3 is 10.4 Å². The van der Waals surface area contributed by atoms with Crippen LogP contribution >= 0.6 is 0 Å². The van der Waals surface area contributed by atoms with Gasteiger partial charge in [-0.2, -0.15) is 0 Å². The van der Waals surface area contributed by atoms with Gasteiger partial charge in [-0.15, -0.1) is 0 Å². The van der Waals surface area contributed by atoms with Crippen molar-refractivity contribution in [3.05, 3.63) is 35.4 Å². The Morgan fingerprint density at radius 2 is 1.95 bits per heavy atom. The highest BCUT2D eigenvalue weighted by atomic mass is 16.3. The van der Waals surface area contributed by atoms with Gasteiger partial charge in [0.1, 0.15) is 0 Å². The summed E-state index contributed by atoms with van der Waals surface area (Å²) in [6.45, 7) is 4.27. The number of hydrogen-bond acceptors (Lipinski definition) is 3. The summed E-state index contributed by atoms with van der Waals surface area (Å²) >= 11 is 0. The average molecular weight is 276 g/mol. The van der Waals surface area contributed by atoms with E-state index in [9.17, 15) is 5.11 Å². The molecule has 0 bridgehead atoms. The fourth-order valence-electron chi connectivity index (χ4n) is 2.93. The summed E-state index contributed by atoms with van der Waals surface area (Å²) < 4.78 is 0. The van der Waals surface area contributed by atoms with E-state index in [0.717, 1.165) is 19.5 Å². The van der Waals surface area contributed by atoms with Gasteiger partial charge in [-0.05, 0) is 38.8 Å². The number of rotatable bonds is 8. The standard InChI is InChI=1S/C17H28N2O/c1-14-6-8-15(9-7-14)17(18-2)10-11-19(12-13-20)16-4-3-5-16/h6-9,16-18,20H,3-5,10-13H2,1-2H3. The van der Waals surface area contributed by atoms with Crippen LogP contribution in [-0.2, 0) is 0 Å². The maximum atomic E-state index is 9.22. The fraction of sp³-hybridized carbons (Fsp3) is 0.647. The van der Waals surface area contributed by atoms with Crippen molar-refractivity contribution >= 4 is 0 Å². The van der Waals surface area contributed by atoms with Gasteiger partial charge in [0.25, 0.3) is 0 Å². The first-order valence-corrected chi connectivity index (χ1v) is 7.83. The van der Waals surface area contributed by atoms with Crippen LogP contribution in [0.3, 0.4) is 0 Å². The lowest BCUT2D eigenvalue weighted by molar-refractivity contribution is 0.0972. The van der Waals surface area contributed by atoms with Crippen LogP contribution in [0.4, 0.5) is 0 Å². The molecular weight excluding hydrogens is 248 g/mol. The van der Waals surface area contributed by atoms with Crippen molar-refractivity contribution in [2.24, 2.45) is 0 Å². The van der Waals surface area contributed by atoms with Crippen LogP contribution < -0.4 is 5.32 Å². The molecule has 1 aliphatic carbocycles. The molecule has 20 heavy (non-hydrogen) atoms. The van der Waals surface area contributed by atoms with Gasteiger partial charge in [0.15, 0.2) is 0 Å². The molecule has 3 nitrogen and oxygen atoms in total. The van der Waals surface area contributed by atoms with Gasteiger partial charge >= 0.3 is 0 Å². The minimum absolute atomic E-state index is 0.269. The van der Waals surface area contributed by atoms with Gasteiger partial charge in [0.05, 0.1) is 6.61 Å². The molecule has 0 heterocycles. The van der Waals surface area contributed by atoms with Gasteiger partial charge in [-0.3, -0.25) is 4.90 Å². The zero-order valence-electron chi connectivity index (χ0n) is 12.8. The molecule has 0 aromatic heterocycles. The van der Waals surface area contributed by atoms with Crippen molar-refractivity contribution in [1.82, 2.24) is 10.2 Å². The molecule has 1 aromatic rings. The van der Waals surface area contributed by atoms with E-state index < -0.39 is 0 Å². The number of aliphatic hydroxyl groups is 1. The normalized spacial score (nSPS) is 17.2. The van der Waals surface area contributed by atoms with Crippen LogP contribution in [0.2, 0.25) is 0 Å². The van der Waals surface area contributed by atoms with Crippen LogP contribution in [0.5, 0.6) is 0 Å². The molecule has 0 spiro atoms. The minimum atomic E-state index is 0.269. The largest absolute Gasteiger partial charge is 0.395 e. The van der Waals surface area contributed by atoms with Gasteiger partial charge in [-0.1, -0.05) is 36.2 Å². The lowest BCUT2D eigenvalue weighted by atomic mass is 9.91. The van der Waals surface area contributed by atoms with Crippen molar-refractivity contribution < 1.29 is 5.11 Å². The van der Waals surface area contributed by atoms with Crippen molar-refractivity contribution in [2.45, 2.75) is 44.7 Å². The van der Waals surface area contributed by atoms with Gasteiger partial charge in [-0.25, -0.2) is 0 Å². The molecule has 1 aromatic carbocycles. The number of hydrogen-bond donors (Lipinski definition) is 2. The van der Waals surface area contributed by atoms with Crippen LogP contribution in [-0.4, -0.2) is 42.8 Å². The number of benzene rings is 1. The van der Waals surface area contributed by atoms with Crippen LogP contribution in [0, 0.1) is 6.92 Å².